The van der Waals surface area contributed by atoms with Crippen molar-refractivity contribution in [2.75, 3.05) is 19.1 Å². The van der Waals surface area contributed by atoms with Gasteiger partial charge in [0.05, 0.1) is 43.0 Å². The van der Waals surface area contributed by atoms with E-state index in [1.165, 1.54) is 12.1 Å². The Hall–Kier alpha value is -5.10. The maximum atomic E-state index is 14.6. The van der Waals surface area contributed by atoms with Gasteiger partial charge in [-0.25, -0.2) is 14.0 Å². The standard InChI is InChI=1S/C28H22FN3O5/c1-35-27(33)24-23(17-9-5-3-6-10-17)20(16-30)26(31)32(25(24)28(34)36-2)21-15-18(29)13-14-22(21)37-19-11-7-4-8-12-19/h3-15,23H,31H2,1-2H3. The molecule has 1 aliphatic heterocycles. The van der Waals surface area contributed by atoms with Crippen LogP contribution in [0.25, 0.3) is 0 Å². The summed E-state index contributed by atoms with van der Waals surface area (Å²) in [6.07, 6.45) is 0. The summed E-state index contributed by atoms with van der Waals surface area (Å²) in [6.45, 7) is 0. The molecular formula is C28H22FN3O5. The Morgan fingerprint density at radius 1 is 0.946 bits per heavy atom. The summed E-state index contributed by atoms with van der Waals surface area (Å²) >= 11 is 0. The molecule has 8 nitrogen and oxygen atoms in total. The van der Waals surface area contributed by atoms with Gasteiger partial charge < -0.3 is 19.9 Å². The largest absolute Gasteiger partial charge is 0.466 e. The number of hydrogen-bond donors (Lipinski definition) is 1. The molecule has 37 heavy (non-hydrogen) atoms. The summed E-state index contributed by atoms with van der Waals surface area (Å²) < 4.78 is 30.6. The molecule has 0 saturated heterocycles. The number of benzene rings is 3. The van der Waals surface area contributed by atoms with Gasteiger partial charge in [0, 0.05) is 6.07 Å². The van der Waals surface area contributed by atoms with E-state index >= 15 is 0 Å². The van der Waals surface area contributed by atoms with Gasteiger partial charge in [0.15, 0.2) is 5.75 Å². The normalized spacial score (nSPS) is 15.2. The zero-order chi connectivity index (χ0) is 26.5. The fourth-order valence-electron chi connectivity index (χ4n) is 4.13. The molecule has 4 rings (SSSR count). The average molecular weight is 499 g/mol. The fraction of sp³-hybridized carbons (Fsp3) is 0.107. The number of nitrogens with two attached hydrogens (primary N) is 1. The molecule has 0 aromatic heterocycles. The number of para-hydroxylation sites is 1. The number of esters is 2. The van der Waals surface area contributed by atoms with Crippen molar-refractivity contribution in [1.82, 2.24) is 0 Å². The maximum Gasteiger partial charge on any atom is 0.355 e. The second-order valence-electron chi connectivity index (χ2n) is 7.86. The fourth-order valence-corrected chi connectivity index (χ4v) is 4.13. The van der Waals surface area contributed by atoms with E-state index < -0.39 is 23.7 Å². The highest BCUT2D eigenvalue weighted by atomic mass is 19.1. The molecule has 2 N–H and O–H groups in total. The number of halogens is 1. The van der Waals surface area contributed by atoms with E-state index in [0.29, 0.717) is 11.3 Å². The van der Waals surface area contributed by atoms with Crippen LogP contribution in [0.15, 0.2) is 102 Å². The molecular weight excluding hydrogens is 477 g/mol. The van der Waals surface area contributed by atoms with E-state index in [9.17, 15) is 19.2 Å². The molecule has 0 fully saturated rings. The number of carbonyl (C=O) groups excluding carboxylic acids is 2. The lowest BCUT2D eigenvalue weighted by atomic mass is 9.81. The molecule has 0 spiro atoms. The van der Waals surface area contributed by atoms with Crippen LogP contribution in [0.5, 0.6) is 11.5 Å². The molecule has 0 aliphatic carbocycles. The van der Waals surface area contributed by atoms with Crippen LogP contribution in [-0.2, 0) is 19.1 Å². The summed E-state index contributed by atoms with van der Waals surface area (Å²) in [4.78, 5) is 27.5. The Bertz CT molecular complexity index is 1450. The third-order valence-electron chi connectivity index (χ3n) is 5.74. The molecule has 9 heteroatoms. The highest BCUT2D eigenvalue weighted by molar-refractivity contribution is 6.06. The summed E-state index contributed by atoms with van der Waals surface area (Å²) in [5, 5.41) is 10.2. The van der Waals surface area contributed by atoms with Crippen LogP contribution in [0.1, 0.15) is 11.5 Å². The van der Waals surface area contributed by atoms with Crippen LogP contribution in [0, 0.1) is 17.1 Å². The molecule has 1 atom stereocenters. The lowest BCUT2D eigenvalue weighted by Crippen LogP contribution is -2.41. The Balaban J connectivity index is 2.04. The Kier molecular flexibility index (Phi) is 7.21. The number of nitriles is 1. The van der Waals surface area contributed by atoms with Crippen molar-refractivity contribution in [2.24, 2.45) is 5.73 Å². The molecule has 0 saturated carbocycles. The van der Waals surface area contributed by atoms with E-state index in [1.54, 1.807) is 60.7 Å². The molecule has 186 valence electrons. The summed E-state index contributed by atoms with van der Waals surface area (Å²) in [6, 6.07) is 22.9. The van der Waals surface area contributed by atoms with Crippen molar-refractivity contribution in [3.63, 3.8) is 0 Å². The Labute approximate surface area is 212 Å². The SMILES string of the molecule is COC(=O)C1=C(C(=O)OC)N(c2cc(F)ccc2Oc2ccccc2)C(N)=C(C#N)C1c1ccccc1. The second kappa shape index (κ2) is 10.7. The maximum absolute atomic E-state index is 14.6. The number of anilines is 1. The first-order valence-electron chi connectivity index (χ1n) is 11.1. The van der Waals surface area contributed by atoms with Crippen LogP contribution in [-0.4, -0.2) is 26.2 Å². The second-order valence-corrected chi connectivity index (χ2v) is 7.86. The molecule has 0 bridgehead atoms. The van der Waals surface area contributed by atoms with E-state index in [4.69, 9.17) is 19.9 Å². The summed E-state index contributed by atoms with van der Waals surface area (Å²) in [5.41, 5.74) is 6.42. The zero-order valence-corrected chi connectivity index (χ0v) is 20.0. The van der Waals surface area contributed by atoms with Crippen molar-refractivity contribution < 1.29 is 28.2 Å². The predicted octanol–water partition coefficient (Wildman–Crippen LogP) is 4.52. The first-order chi connectivity index (χ1) is 17.9. The number of rotatable bonds is 6. The van der Waals surface area contributed by atoms with Crippen LogP contribution >= 0.6 is 0 Å². The summed E-state index contributed by atoms with van der Waals surface area (Å²) in [7, 11) is 2.28. The predicted molar refractivity (Wildman–Crippen MR) is 132 cm³/mol. The van der Waals surface area contributed by atoms with Gasteiger partial charge in [-0.3, -0.25) is 4.90 Å². The van der Waals surface area contributed by atoms with Crippen LogP contribution < -0.4 is 15.4 Å². The minimum Gasteiger partial charge on any atom is -0.466 e. The number of carbonyl (C=O) groups is 2. The topological polar surface area (TPSA) is 115 Å². The van der Waals surface area contributed by atoms with Crippen molar-refractivity contribution in [2.45, 2.75) is 5.92 Å². The van der Waals surface area contributed by atoms with Gasteiger partial charge >= 0.3 is 11.9 Å². The van der Waals surface area contributed by atoms with Gasteiger partial charge in [-0.1, -0.05) is 48.5 Å². The zero-order valence-electron chi connectivity index (χ0n) is 20.0. The van der Waals surface area contributed by atoms with Gasteiger partial charge in [-0.05, 0) is 29.8 Å². The first kappa shape index (κ1) is 25.0. The van der Waals surface area contributed by atoms with Crippen LogP contribution in [0.3, 0.4) is 0 Å². The van der Waals surface area contributed by atoms with Crippen molar-refractivity contribution in [1.29, 1.82) is 5.26 Å². The van der Waals surface area contributed by atoms with Gasteiger partial charge in [-0.15, -0.1) is 0 Å². The Morgan fingerprint density at radius 3 is 2.16 bits per heavy atom. The molecule has 1 aliphatic rings. The molecule has 1 unspecified atom stereocenters. The van der Waals surface area contributed by atoms with Crippen molar-refractivity contribution >= 4 is 17.6 Å². The van der Waals surface area contributed by atoms with Crippen molar-refractivity contribution in [3.05, 3.63) is 113 Å². The van der Waals surface area contributed by atoms with E-state index in [-0.39, 0.29) is 34.1 Å². The van der Waals surface area contributed by atoms with E-state index in [0.717, 1.165) is 25.2 Å². The number of methoxy groups -OCH3 is 2. The third kappa shape index (κ3) is 4.73. The highest BCUT2D eigenvalue weighted by Gasteiger charge is 2.43. The van der Waals surface area contributed by atoms with Crippen LogP contribution in [0.4, 0.5) is 10.1 Å². The highest BCUT2D eigenvalue weighted by Crippen LogP contribution is 2.46. The molecule has 3 aromatic carbocycles. The lowest BCUT2D eigenvalue weighted by Gasteiger charge is -2.36. The number of hydrogen-bond acceptors (Lipinski definition) is 8. The molecule has 3 aromatic rings. The van der Waals surface area contributed by atoms with Crippen LogP contribution in [0.2, 0.25) is 0 Å². The minimum absolute atomic E-state index is 0.0255. The van der Waals surface area contributed by atoms with E-state index in [1.807, 2.05) is 0 Å². The molecule has 1 heterocycles. The third-order valence-corrected chi connectivity index (χ3v) is 5.74. The van der Waals surface area contributed by atoms with E-state index in [2.05, 4.69) is 6.07 Å². The average Bonchev–Trinajstić information content (AvgIpc) is 2.93. The quantitative estimate of drug-likeness (QED) is 0.493. The van der Waals surface area contributed by atoms with Gasteiger partial charge in [0.25, 0.3) is 0 Å². The number of allylic oxidation sites excluding steroid dienone is 1. The van der Waals surface area contributed by atoms with Gasteiger partial charge in [0.2, 0.25) is 0 Å². The summed E-state index contributed by atoms with van der Waals surface area (Å²) in [5.74, 6) is -3.22. The Morgan fingerprint density at radius 2 is 1.57 bits per heavy atom. The van der Waals surface area contributed by atoms with Gasteiger partial charge in [0.1, 0.15) is 23.1 Å². The monoisotopic (exact) mass is 499 g/mol. The lowest BCUT2D eigenvalue weighted by molar-refractivity contribution is -0.139. The minimum atomic E-state index is -1.05. The molecule has 0 amide bonds. The smallest absolute Gasteiger partial charge is 0.355 e. The van der Waals surface area contributed by atoms with Gasteiger partial charge in [-0.2, -0.15) is 5.26 Å². The first-order valence-corrected chi connectivity index (χ1v) is 11.1. The number of nitrogens with zero attached hydrogens (tertiary/aromatic N) is 2. The van der Waals surface area contributed by atoms with Crippen molar-refractivity contribution in [3.8, 4) is 17.6 Å². The molecule has 0 radical (unpaired) electrons. The number of ether oxygens (including phenoxy) is 3.